The van der Waals surface area contributed by atoms with E-state index in [0.29, 0.717) is 12.0 Å². The molecule has 0 N–H and O–H groups in total. The molecule has 0 saturated heterocycles. The van der Waals surface area contributed by atoms with E-state index in [1.807, 2.05) is 11.3 Å². The van der Waals surface area contributed by atoms with Gasteiger partial charge in [0.1, 0.15) is 24.3 Å². The van der Waals surface area contributed by atoms with Crippen molar-refractivity contribution in [3.63, 3.8) is 0 Å². The van der Waals surface area contributed by atoms with Crippen LogP contribution in [0.3, 0.4) is 0 Å². The van der Waals surface area contributed by atoms with Crippen LogP contribution in [0.25, 0.3) is 21.9 Å². The number of hydrazone groups is 1. The van der Waals surface area contributed by atoms with Gasteiger partial charge in [-0.3, -0.25) is 0 Å². The third kappa shape index (κ3) is 2.25. The lowest BCUT2D eigenvalue weighted by Gasteiger charge is -2.22. The Kier molecular flexibility index (Phi) is 3.48. The van der Waals surface area contributed by atoms with E-state index in [2.05, 4.69) is 74.1 Å². The van der Waals surface area contributed by atoms with E-state index in [0.717, 1.165) is 28.9 Å². The van der Waals surface area contributed by atoms with Crippen molar-refractivity contribution in [3.8, 4) is 0 Å². The largest absolute Gasteiger partial charge is 0.453 e. The van der Waals surface area contributed by atoms with Gasteiger partial charge in [-0.05, 0) is 31.4 Å². The Hall–Kier alpha value is -2.49. The fraction of sp³-hybridized carbons (Fsp3) is 0.350. The first kappa shape index (κ1) is 15.1. The smallest absolute Gasteiger partial charge is 0.160 e. The SMILES string of the molecule is CC(C)c1cccc2c1oc1c(N3CN(C(C)C)C=N3)cccc12. The molecule has 0 fully saturated rings. The molecule has 0 aliphatic carbocycles. The minimum absolute atomic E-state index is 0.430. The van der Waals surface area contributed by atoms with Crippen molar-refractivity contribution >= 4 is 34.0 Å². The highest BCUT2D eigenvalue weighted by molar-refractivity contribution is 6.09. The molecule has 124 valence electrons. The second-order valence-electron chi connectivity index (χ2n) is 7.01. The van der Waals surface area contributed by atoms with E-state index in [9.17, 15) is 0 Å². The van der Waals surface area contributed by atoms with Gasteiger partial charge in [0.05, 0.1) is 0 Å². The summed E-state index contributed by atoms with van der Waals surface area (Å²) in [6.45, 7) is 9.51. The van der Waals surface area contributed by atoms with Crippen molar-refractivity contribution < 1.29 is 4.42 Å². The first-order valence-electron chi connectivity index (χ1n) is 8.58. The normalized spacial score (nSPS) is 14.9. The van der Waals surface area contributed by atoms with Gasteiger partial charge in [0.25, 0.3) is 0 Å². The number of rotatable bonds is 3. The number of benzene rings is 2. The van der Waals surface area contributed by atoms with Crippen LogP contribution in [0, 0.1) is 0 Å². The van der Waals surface area contributed by atoms with Gasteiger partial charge in [0.2, 0.25) is 0 Å². The number of fused-ring (bicyclic) bond motifs is 3. The number of nitrogens with zero attached hydrogens (tertiary/aromatic N) is 3. The Bertz CT molecular complexity index is 923. The second kappa shape index (κ2) is 5.55. The monoisotopic (exact) mass is 321 g/mol. The lowest BCUT2D eigenvalue weighted by Crippen LogP contribution is -2.32. The Morgan fingerprint density at radius 1 is 0.958 bits per heavy atom. The van der Waals surface area contributed by atoms with E-state index in [4.69, 9.17) is 4.42 Å². The van der Waals surface area contributed by atoms with Gasteiger partial charge < -0.3 is 9.32 Å². The maximum Gasteiger partial charge on any atom is 0.160 e. The van der Waals surface area contributed by atoms with Crippen LogP contribution in [0.2, 0.25) is 0 Å². The zero-order chi connectivity index (χ0) is 16.8. The molecule has 4 heteroatoms. The maximum atomic E-state index is 6.35. The third-order valence-corrected chi connectivity index (χ3v) is 4.73. The molecule has 0 radical (unpaired) electrons. The molecule has 1 aliphatic heterocycles. The van der Waals surface area contributed by atoms with Crippen LogP contribution in [-0.2, 0) is 0 Å². The van der Waals surface area contributed by atoms with E-state index in [-0.39, 0.29) is 0 Å². The molecule has 2 aromatic carbocycles. The van der Waals surface area contributed by atoms with Crippen molar-refractivity contribution in [1.82, 2.24) is 4.90 Å². The second-order valence-corrected chi connectivity index (χ2v) is 7.01. The summed E-state index contributed by atoms with van der Waals surface area (Å²) in [7, 11) is 0. The number of hydrogen-bond donors (Lipinski definition) is 0. The van der Waals surface area contributed by atoms with Gasteiger partial charge >= 0.3 is 0 Å². The molecule has 0 amide bonds. The lowest BCUT2D eigenvalue weighted by atomic mass is 10.0. The summed E-state index contributed by atoms with van der Waals surface area (Å²) in [4.78, 5) is 2.21. The Morgan fingerprint density at radius 2 is 1.67 bits per heavy atom. The van der Waals surface area contributed by atoms with Crippen LogP contribution in [0.4, 0.5) is 5.69 Å². The molecule has 2 heterocycles. The van der Waals surface area contributed by atoms with Crippen LogP contribution in [0.15, 0.2) is 45.9 Å². The molecule has 0 atom stereocenters. The maximum absolute atomic E-state index is 6.35. The van der Waals surface area contributed by atoms with E-state index in [1.165, 1.54) is 10.9 Å². The fourth-order valence-corrected chi connectivity index (χ4v) is 3.28. The van der Waals surface area contributed by atoms with Crippen molar-refractivity contribution in [2.24, 2.45) is 5.10 Å². The van der Waals surface area contributed by atoms with Crippen LogP contribution < -0.4 is 5.01 Å². The van der Waals surface area contributed by atoms with Gasteiger partial charge in [0.15, 0.2) is 5.58 Å². The molecule has 0 saturated carbocycles. The molecule has 0 spiro atoms. The highest BCUT2D eigenvalue weighted by Crippen LogP contribution is 2.38. The summed E-state index contributed by atoms with van der Waals surface area (Å²) < 4.78 is 6.35. The highest BCUT2D eigenvalue weighted by atomic mass is 16.3. The standard InChI is InChI=1S/C20H23N3O/c1-13(2)15-7-5-8-16-17-9-6-10-18(20(17)24-19(15)16)23-12-22(11-21-23)14(3)4/h5-11,13-14H,12H2,1-4H3. The molecule has 3 aromatic rings. The summed E-state index contributed by atoms with van der Waals surface area (Å²) in [5, 5.41) is 8.91. The summed E-state index contributed by atoms with van der Waals surface area (Å²) >= 11 is 0. The van der Waals surface area contributed by atoms with E-state index < -0.39 is 0 Å². The predicted molar refractivity (Wildman–Crippen MR) is 101 cm³/mol. The van der Waals surface area contributed by atoms with Crippen molar-refractivity contribution in [1.29, 1.82) is 0 Å². The fourth-order valence-electron chi connectivity index (χ4n) is 3.28. The van der Waals surface area contributed by atoms with Crippen LogP contribution in [-0.4, -0.2) is 23.9 Å². The zero-order valence-electron chi connectivity index (χ0n) is 14.7. The number of furan rings is 1. The average Bonchev–Trinajstić information content (AvgIpc) is 3.19. The Morgan fingerprint density at radius 3 is 2.33 bits per heavy atom. The minimum atomic E-state index is 0.430. The number of hydrogen-bond acceptors (Lipinski definition) is 4. The molecular weight excluding hydrogens is 298 g/mol. The molecule has 0 unspecified atom stereocenters. The van der Waals surface area contributed by atoms with Gasteiger partial charge in [0, 0.05) is 16.8 Å². The summed E-state index contributed by atoms with van der Waals surface area (Å²) in [6.07, 6.45) is 1.91. The molecule has 0 bridgehead atoms. The summed E-state index contributed by atoms with van der Waals surface area (Å²) in [6, 6.07) is 13.2. The molecule has 4 nitrogen and oxygen atoms in total. The molecule has 4 rings (SSSR count). The number of anilines is 1. The van der Waals surface area contributed by atoms with Gasteiger partial charge in [-0.15, -0.1) is 0 Å². The zero-order valence-corrected chi connectivity index (χ0v) is 14.7. The quantitative estimate of drug-likeness (QED) is 0.669. The van der Waals surface area contributed by atoms with Gasteiger partial charge in [-0.2, -0.15) is 5.10 Å². The predicted octanol–water partition coefficient (Wildman–Crippen LogP) is 5.14. The molecular formula is C20H23N3O. The van der Waals surface area contributed by atoms with E-state index in [1.54, 1.807) is 0 Å². The summed E-state index contributed by atoms with van der Waals surface area (Å²) in [5.41, 5.74) is 4.20. The van der Waals surface area contributed by atoms with Crippen molar-refractivity contribution in [2.75, 3.05) is 11.7 Å². The van der Waals surface area contributed by atoms with Crippen LogP contribution in [0.1, 0.15) is 39.2 Å². The molecule has 24 heavy (non-hydrogen) atoms. The number of para-hydroxylation sites is 2. The highest BCUT2D eigenvalue weighted by Gasteiger charge is 2.22. The minimum Gasteiger partial charge on any atom is -0.453 e. The van der Waals surface area contributed by atoms with E-state index >= 15 is 0 Å². The van der Waals surface area contributed by atoms with Gasteiger partial charge in [-0.1, -0.05) is 44.2 Å². The first-order valence-corrected chi connectivity index (χ1v) is 8.58. The van der Waals surface area contributed by atoms with Crippen molar-refractivity contribution in [3.05, 3.63) is 42.0 Å². The van der Waals surface area contributed by atoms with Crippen LogP contribution in [0.5, 0.6) is 0 Å². The molecule has 1 aliphatic rings. The third-order valence-electron chi connectivity index (χ3n) is 4.73. The Balaban J connectivity index is 1.88. The Labute approximate surface area is 142 Å². The first-order chi connectivity index (χ1) is 11.6. The van der Waals surface area contributed by atoms with Crippen LogP contribution >= 0.6 is 0 Å². The average molecular weight is 321 g/mol. The lowest BCUT2D eigenvalue weighted by molar-refractivity contribution is 0.381. The topological polar surface area (TPSA) is 32.0 Å². The van der Waals surface area contributed by atoms with Crippen molar-refractivity contribution in [2.45, 2.75) is 39.7 Å². The van der Waals surface area contributed by atoms with Gasteiger partial charge in [-0.25, -0.2) is 5.01 Å². The summed E-state index contributed by atoms with van der Waals surface area (Å²) in [5.74, 6) is 0.430. The molecule has 1 aromatic heterocycles.